The number of anilines is 1. The second kappa shape index (κ2) is 6.83. The molecule has 0 saturated heterocycles. The van der Waals surface area contributed by atoms with E-state index in [-0.39, 0.29) is 11.7 Å². The molecule has 1 N–H and O–H groups in total. The highest BCUT2D eigenvalue weighted by molar-refractivity contribution is 7.16. The van der Waals surface area contributed by atoms with Crippen LogP contribution in [0.4, 0.5) is 10.7 Å². The van der Waals surface area contributed by atoms with Gasteiger partial charge in [0.15, 0.2) is 5.00 Å². The maximum atomic E-state index is 11.1. The van der Waals surface area contributed by atoms with Crippen LogP contribution in [0.25, 0.3) is 0 Å². The number of methoxy groups -OCH3 is 1. The van der Waals surface area contributed by atoms with Crippen molar-refractivity contribution < 1.29 is 14.8 Å². The summed E-state index contributed by atoms with van der Waals surface area (Å²) in [5.74, 6) is 0. The number of hydrogen-bond acceptors (Lipinski definition) is 6. The van der Waals surface area contributed by atoms with Crippen molar-refractivity contribution in [1.82, 2.24) is 0 Å². The van der Waals surface area contributed by atoms with Crippen molar-refractivity contribution >= 4 is 22.0 Å². The van der Waals surface area contributed by atoms with Crippen LogP contribution < -0.4 is 4.90 Å². The number of rotatable bonds is 7. The molecule has 0 fully saturated rings. The van der Waals surface area contributed by atoms with E-state index in [0.29, 0.717) is 23.0 Å². The lowest BCUT2D eigenvalue weighted by Gasteiger charge is -2.27. The summed E-state index contributed by atoms with van der Waals surface area (Å²) in [5, 5.41) is 21.3. The zero-order valence-electron chi connectivity index (χ0n) is 11.6. The van der Waals surface area contributed by atoms with Crippen LogP contribution in [0.1, 0.15) is 31.8 Å². The van der Waals surface area contributed by atoms with Crippen LogP contribution in [0.2, 0.25) is 0 Å². The zero-order valence-corrected chi connectivity index (χ0v) is 12.4. The molecule has 0 saturated carbocycles. The fourth-order valence-corrected chi connectivity index (χ4v) is 3.15. The molecule has 0 bridgehead atoms. The third-order valence-corrected chi connectivity index (χ3v) is 4.19. The van der Waals surface area contributed by atoms with Crippen molar-refractivity contribution in [2.24, 2.45) is 0 Å². The van der Waals surface area contributed by atoms with Crippen LogP contribution in [0.15, 0.2) is 6.07 Å². The number of nitrogens with zero attached hydrogens (tertiary/aromatic N) is 2. The highest BCUT2D eigenvalue weighted by Gasteiger charge is 2.27. The monoisotopic (exact) mass is 288 g/mol. The standard InChI is InChI=1S/C12H20N2O4S/c1-5-13(8(2)7-18-4)12-10(14(16)17)6-11(19-12)9(3)15/h6,8-9,15H,5,7H2,1-4H3/t8?,9-/m1/s1. The maximum Gasteiger partial charge on any atom is 0.304 e. The minimum atomic E-state index is -0.700. The molecule has 1 aromatic rings. The summed E-state index contributed by atoms with van der Waals surface area (Å²) in [5.41, 5.74) is 0.0469. The Morgan fingerprint density at radius 2 is 2.21 bits per heavy atom. The van der Waals surface area contributed by atoms with Gasteiger partial charge in [0.25, 0.3) is 0 Å². The van der Waals surface area contributed by atoms with Crippen molar-refractivity contribution in [3.63, 3.8) is 0 Å². The van der Waals surface area contributed by atoms with Crippen LogP contribution in [0.5, 0.6) is 0 Å². The van der Waals surface area contributed by atoms with Gasteiger partial charge in [0.2, 0.25) is 0 Å². The van der Waals surface area contributed by atoms with Crippen LogP contribution in [0, 0.1) is 10.1 Å². The molecule has 0 aliphatic carbocycles. The molecule has 0 aliphatic heterocycles. The molecule has 1 heterocycles. The minimum absolute atomic E-state index is 0.0363. The summed E-state index contributed by atoms with van der Waals surface area (Å²) < 4.78 is 5.11. The first kappa shape index (κ1) is 15.9. The third-order valence-electron chi connectivity index (χ3n) is 2.86. The number of nitro groups is 1. The van der Waals surface area contributed by atoms with Gasteiger partial charge >= 0.3 is 5.69 Å². The Morgan fingerprint density at radius 3 is 2.63 bits per heavy atom. The Balaban J connectivity index is 3.17. The predicted octanol–water partition coefficient (Wildman–Crippen LogP) is 2.57. The average Bonchev–Trinajstić information content (AvgIpc) is 2.75. The molecule has 2 atom stereocenters. The van der Waals surface area contributed by atoms with E-state index in [2.05, 4.69) is 0 Å². The highest BCUT2D eigenvalue weighted by Crippen LogP contribution is 2.40. The van der Waals surface area contributed by atoms with E-state index < -0.39 is 11.0 Å². The second-order valence-corrected chi connectivity index (χ2v) is 5.42. The summed E-state index contributed by atoms with van der Waals surface area (Å²) in [7, 11) is 1.61. The summed E-state index contributed by atoms with van der Waals surface area (Å²) in [4.78, 5) is 13.3. The lowest BCUT2D eigenvalue weighted by molar-refractivity contribution is -0.383. The lowest BCUT2D eigenvalue weighted by atomic mass is 10.2. The van der Waals surface area contributed by atoms with Crippen molar-refractivity contribution in [3.8, 4) is 0 Å². The molecular formula is C12H20N2O4S. The number of aliphatic hydroxyl groups excluding tert-OH is 1. The minimum Gasteiger partial charge on any atom is -0.388 e. The molecule has 19 heavy (non-hydrogen) atoms. The molecule has 7 heteroatoms. The van der Waals surface area contributed by atoms with Gasteiger partial charge in [0.1, 0.15) is 0 Å². The SMILES string of the molecule is CCN(c1sc([C@@H](C)O)cc1[N+](=O)[O-])C(C)COC. The number of ether oxygens (including phenoxy) is 1. The van der Waals surface area contributed by atoms with Crippen molar-refractivity contribution in [2.45, 2.75) is 32.9 Å². The molecule has 1 rings (SSSR count). The van der Waals surface area contributed by atoms with Crippen LogP contribution in [-0.2, 0) is 4.74 Å². The number of aliphatic hydroxyl groups is 1. The van der Waals surface area contributed by atoms with E-state index in [1.54, 1.807) is 14.0 Å². The van der Waals surface area contributed by atoms with Gasteiger partial charge in [0, 0.05) is 24.6 Å². The van der Waals surface area contributed by atoms with Gasteiger partial charge in [-0.05, 0) is 20.8 Å². The Labute approximate surface area is 116 Å². The molecular weight excluding hydrogens is 268 g/mol. The fourth-order valence-electron chi connectivity index (χ4n) is 1.92. The molecule has 6 nitrogen and oxygen atoms in total. The smallest absolute Gasteiger partial charge is 0.304 e. The van der Waals surface area contributed by atoms with Gasteiger partial charge in [-0.1, -0.05) is 0 Å². The van der Waals surface area contributed by atoms with Gasteiger partial charge in [-0.25, -0.2) is 0 Å². The van der Waals surface area contributed by atoms with Gasteiger partial charge in [-0.2, -0.15) is 0 Å². The van der Waals surface area contributed by atoms with Crippen LogP contribution in [-0.4, -0.2) is 36.3 Å². The molecule has 1 unspecified atom stereocenters. The molecule has 1 aromatic heterocycles. The van der Waals surface area contributed by atoms with Gasteiger partial charge in [-0.3, -0.25) is 10.1 Å². The topological polar surface area (TPSA) is 75.8 Å². The quantitative estimate of drug-likeness (QED) is 0.616. The summed E-state index contributed by atoms with van der Waals surface area (Å²) in [6.45, 7) is 6.64. The first-order valence-electron chi connectivity index (χ1n) is 6.14. The summed E-state index contributed by atoms with van der Waals surface area (Å²) >= 11 is 1.26. The fraction of sp³-hybridized carbons (Fsp3) is 0.667. The molecule has 0 aromatic carbocycles. The molecule has 0 amide bonds. The van der Waals surface area contributed by atoms with E-state index >= 15 is 0 Å². The van der Waals surface area contributed by atoms with E-state index in [1.807, 2.05) is 18.7 Å². The van der Waals surface area contributed by atoms with Crippen molar-refractivity contribution in [1.29, 1.82) is 0 Å². The summed E-state index contributed by atoms with van der Waals surface area (Å²) in [6.07, 6.45) is -0.700. The Bertz CT molecular complexity index is 433. The van der Waals surface area contributed by atoms with E-state index in [0.717, 1.165) is 0 Å². The van der Waals surface area contributed by atoms with Crippen molar-refractivity contribution in [3.05, 3.63) is 21.1 Å². The van der Waals surface area contributed by atoms with Crippen LogP contribution in [0.3, 0.4) is 0 Å². The summed E-state index contributed by atoms with van der Waals surface area (Å²) in [6, 6.07) is 1.49. The largest absolute Gasteiger partial charge is 0.388 e. The Hall–Kier alpha value is -1.18. The number of likely N-dealkylation sites (N-methyl/N-ethyl adjacent to an activating group) is 1. The first-order chi connectivity index (χ1) is 8.92. The maximum absolute atomic E-state index is 11.1. The van der Waals surface area contributed by atoms with E-state index in [1.165, 1.54) is 17.4 Å². The van der Waals surface area contributed by atoms with Gasteiger partial charge < -0.3 is 14.7 Å². The third kappa shape index (κ3) is 3.65. The average molecular weight is 288 g/mol. The molecule has 0 spiro atoms. The molecule has 108 valence electrons. The molecule has 0 aliphatic rings. The van der Waals surface area contributed by atoms with Crippen LogP contribution >= 0.6 is 11.3 Å². The molecule has 0 radical (unpaired) electrons. The number of hydrogen-bond donors (Lipinski definition) is 1. The Kier molecular flexibility index (Phi) is 5.71. The highest BCUT2D eigenvalue weighted by atomic mass is 32.1. The predicted molar refractivity (Wildman–Crippen MR) is 76.0 cm³/mol. The van der Waals surface area contributed by atoms with E-state index in [9.17, 15) is 15.2 Å². The van der Waals surface area contributed by atoms with E-state index in [4.69, 9.17) is 4.74 Å². The lowest BCUT2D eigenvalue weighted by Crippen LogP contribution is -2.35. The second-order valence-electron chi connectivity index (χ2n) is 4.36. The van der Waals surface area contributed by atoms with Crippen molar-refractivity contribution in [2.75, 3.05) is 25.2 Å². The first-order valence-corrected chi connectivity index (χ1v) is 6.95. The van der Waals surface area contributed by atoms with Gasteiger partial charge in [0.05, 0.1) is 23.7 Å². The number of thiophene rings is 1. The zero-order chi connectivity index (χ0) is 14.6. The normalized spacial score (nSPS) is 14.2. The Morgan fingerprint density at radius 1 is 1.58 bits per heavy atom. The van der Waals surface area contributed by atoms with Gasteiger partial charge in [-0.15, -0.1) is 11.3 Å².